The Morgan fingerprint density at radius 3 is 2.14 bits per heavy atom. The Morgan fingerprint density at radius 2 is 1.79 bits per heavy atom. The van der Waals surface area contributed by atoms with E-state index in [0.29, 0.717) is 12.1 Å². The van der Waals surface area contributed by atoms with Gasteiger partial charge in [0.1, 0.15) is 0 Å². The smallest absolute Gasteiger partial charge is 0.0706 e. The van der Waals surface area contributed by atoms with Crippen LogP contribution in [0.3, 0.4) is 0 Å². The number of hydrogen-bond acceptors (Lipinski definition) is 2. The van der Waals surface area contributed by atoms with Crippen LogP contribution in [-0.4, -0.2) is 24.3 Å². The molecule has 0 aliphatic carbocycles. The van der Waals surface area contributed by atoms with Gasteiger partial charge < -0.3 is 10.1 Å². The van der Waals surface area contributed by atoms with Gasteiger partial charge in [0, 0.05) is 12.6 Å². The molecule has 0 rings (SSSR count). The first-order valence-corrected chi connectivity index (χ1v) is 5.76. The van der Waals surface area contributed by atoms with Crippen molar-refractivity contribution in [3.63, 3.8) is 0 Å². The molecule has 0 aromatic carbocycles. The molecule has 0 saturated heterocycles. The first kappa shape index (κ1) is 13.9. The minimum Gasteiger partial charge on any atom is -0.371 e. The zero-order chi connectivity index (χ0) is 11.2. The second-order valence-electron chi connectivity index (χ2n) is 5.20. The van der Waals surface area contributed by atoms with Gasteiger partial charge in [-0.3, -0.25) is 0 Å². The Balaban J connectivity index is 3.89. The highest BCUT2D eigenvalue weighted by Crippen LogP contribution is 2.13. The summed E-state index contributed by atoms with van der Waals surface area (Å²) in [7, 11) is 0. The predicted molar refractivity (Wildman–Crippen MR) is 62.7 cm³/mol. The molecule has 86 valence electrons. The van der Waals surface area contributed by atoms with Gasteiger partial charge in [-0.1, -0.05) is 27.2 Å². The van der Waals surface area contributed by atoms with E-state index in [4.69, 9.17) is 4.74 Å². The van der Waals surface area contributed by atoms with Crippen molar-refractivity contribution < 1.29 is 4.74 Å². The minimum atomic E-state index is -0.0293. The Kier molecular flexibility index (Phi) is 6.38. The van der Waals surface area contributed by atoms with E-state index >= 15 is 0 Å². The monoisotopic (exact) mass is 201 g/mol. The Morgan fingerprint density at radius 1 is 1.21 bits per heavy atom. The van der Waals surface area contributed by atoms with E-state index in [9.17, 15) is 0 Å². The van der Waals surface area contributed by atoms with Crippen molar-refractivity contribution in [2.75, 3.05) is 6.54 Å². The second-order valence-corrected chi connectivity index (χ2v) is 5.20. The lowest BCUT2D eigenvalue weighted by Gasteiger charge is -2.28. The summed E-state index contributed by atoms with van der Waals surface area (Å²) < 4.78 is 5.97. The first-order valence-electron chi connectivity index (χ1n) is 5.76. The number of rotatable bonds is 6. The molecule has 1 atom stereocenters. The quantitative estimate of drug-likeness (QED) is 0.713. The predicted octanol–water partition coefficient (Wildman–Crippen LogP) is 2.97. The maximum absolute atomic E-state index is 5.97. The molecule has 2 heteroatoms. The highest BCUT2D eigenvalue weighted by Gasteiger charge is 2.17. The van der Waals surface area contributed by atoms with Crippen LogP contribution < -0.4 is 5.32 Å². The molecule has 2 nitrogen and oxygen atoms in total. The average Bonchev–Trinajstić information content (AvgIpc) is 1.98. The van der Waals surface area contributed by atoms with Crippen LogP contribution in [0.15, 0.2) is 0 Å². The maximum Gasteiger partial charge on any atom is 0.0706 e. The lowest BCUT2D eigenvalue weighted by Crippen LogP contribution is -2.37. The van der Waals surface area contributed by atoms with Gasteiger partial charge in [0.15, 0.2) is 0 Å². The van der Waals surface area contributed by atoms with Crippen molar-refractivity contribution in [2.45, 2.75) is 72.1 Å². The summed E-state index contributed by atoms with van der Waals surface area (Å²) in [4.78, 5) is 0. The Hall–Kier alpha value is -0.0800. The largest absolute Gasteiger partial charge is 0.371 e. The lowest BCUT2D eigenvalue weighted by atomic mass is 10.1. The van der Waals surface area contributed by atoms with E-state index in [1.807, 2.05) is 0 Å². The summed E-state index contributed by atoms with van der Waals surface area (Å²) in [6.07, 6.45) is 2.67. The number of hydrogen-bond donors (Lipinski definition) is 1. The molecule has 0 aromatic rings. The zero-order valence-electron chi connectivity index (χ0n) is 10.7. The van der Waals surface area contributed by atoms with Crippen molar-refractivity contribution in [1.82, 2.24) is 5.32 Å². The fourth-order valence-corrected chi connectivity index (χ4v) is 1.39. The molecule has 0 fully saturated rings. The van der Waals surface area contributed by atoms with Crippen LogP contribution in [0.2, 0.25) is 0 Å². The average molecular weight is 201 g/mol. The summed E-state index contributed by atoms with van der Waals surface area (Å²) in [5.41, 5.74) is -0.0293. The summed E-state index contributed by atoms with van der Waals surface area (Å²) in [5.74, 6) is 0. The number of nitrogens with one attached hydrogen (secondary N) is 1. The van der Waals surface area contributed by atoms with Crippen LogP contribution in [0.5, 0.6) is 0 Å². The van der Waals surface area contributed by atoms with Gasteiger partial charge in [0.05, 0.1) is 11.7 Å². The SMILES string of the molecule is CCCC(CNC(C)C)OC(C)(C)C. The third-order valence-electron chi connectivity index (χ3n) is 1.88. The van der Waals surface area contributed by atoms with E-state index in [0.717, 1.165) is 13.0 Å². The van der Waals surface area contributed by atoms with Crippen LogP contribution in [0.25, 0.3) is 0 Å². The third-order valence-corrected chi connectivity index (χ3v) is 1.88. The molecule has 0 spiro atoms. The lowest BCUT2D eigenvalue weighted by molar-refractivity contribution is -0.0623. The highest BCUT2D eigenvalue weighted by molar-refractivity contribution is 4.69. The third kappa shape index (κ3) is 8.52. The van der Waals surface area contributed by atoms with Gasteiger partial charge in [-0.2, -0.15) is 0 Å². The maximum atomic E-state index is 5.97. The second kappa shape index (κ2) is 6.41. The van der Waals surface area contributed by atoms with Gasteiger partial charge in [0.2, 0.25) is 0 Å². The van der Waals surface area contributed by atoms with Gasteiger partial charge in [-0.15, -0.1) is 0 Å². The van der Waals surface area contributed by atoms with E-state index in [2.05, 4.69) is 46.9 Å². The molecule has 0 radical (unpaired) electrons. The summed E-state index contributed by atoms with van der Waals surface area (Å²) in [5, 5.41) is 3.43. The van der Waals surface area contributed by atoms with Crippen molar-refractivity contribution in [2.24, 2.45) is 0 Å². The first-order chi connectivity index (χ1) is 6.35. The van der Waals surface area contributed by atoms with E-state index in [-0.39, 0.29) is 5.60 Å². The Labute approximate surface area is 89.4 Å². The van der Waals surface area contributed by atoms with Crippen LogP contribution in [0.4, 0.5) is 0 Å². The van der Waals surface area contributed by atoms with Gasteiger partial charge in [0.25, 0.3) is 0 Å². The van der Waals surface area contributed by atoms with Gasteiger partial charge in [-0.05, 0) is 27.2 Å². The van der Waals surface area contributed by atoms with E-state index in [1.54, 1.807) is 0 Å². The Bertz CT molecular complexity index is 138. The summed E-state index contributed by atoms with van der Waals surface area (Å²) in [6.45, 7) is 13.8. The van der Waals surface area contributed by atoms with Gasteiger partial charge in [-0.25, -0.2) is 0 Å². The summed E-state index contributed by atoms with van der Waals surface area (Å²) >= 11 is 0. The van der Waals surface area contributed by atoms with E-state index in [1.165, 1.54) is 6.42 Å². The standard InChI is InChI=1S/C12H27NO/c1-7-8-11(9-13-10(2)3)14-12(4,5)6/h10-11,13H,7-9H2,1-6H3. The zero-order valence-corrected chi connectivity index (χ0v) is 10.7. The molecule has 0 aliphatic heterocycles. The molecular formula is C12H27NO. The molecule has 1 unspecified atom stereocenters. The molecule has 14 heavy (non-hydrogen) atoms. The molecule has 0 aliphatic rings. The van der Waals surface area contributed by atoms with Crippen molar-refractivity contribution in [3.05, 3.63) is 0 Å². The molecule has 1 N–H and O–H groups in total. The summed E-state index contributed by atoms with van der Waals surface area (Å²) in [6, 6.07) is 0.540. The van der Waals surface area contributed by atoms with Crippen molar-refractivity contribution >= 4 is 0 Å². The molecule has 0 saturated carbocycles. The van der Waals surface area contributed by atoms with Crippen molar-refractivity contribution in [1.29, 1.82) is 0 Å². The highest BCUT2D eigenvalue weighted by atomic mass is 16.5. The minimum absolute atomic E-state index is 0.0293. The van der Waals surface area contributed by atoms with Crippen LogP contribution >= 0.6 is 0 Å². The van der Waals surface area contributed by atoms with Crippen LogP contribution in [0.1, 0.15) is 54.4 Å². The topological polar surface area (TPSA) is 21.3 Å². The van der Waals surface area contributed by atoms with E-state index < -0.39 is 0 Å². The molecular weight excluding hydrogens is 174 g/mol. The van der Waals surface area contributed by atoms with Gasteiger partial charge >= 0.3 is 0 Å². The molecule has 0 heterocycles. The van der Waals surface area contributed by atoms with Crippen LogP contribution in [0, 0.1) is 0 Å². The normalized spacial score (nSPS) is 14.8. The van der Waals surface area contributed by atoms with Crippen LogP contribution in [-0.2, 0) is 4.74 Å². The fourth-order valence-electron chi connectivity index (χ4n) is 1.39. The molecule has 0 aromatic heterocycles. The van der Waals surface area contributed by atoms with Crippen molar-refractivity contribution in [3.8, 4) is 0 Å². The molecule has 0 bridgehead atoms. The fraction of sp³-hybridized carbons (Fsp3) is 1.00. The molecule has 0 amide bonds. The number of ether oxygens (including phenoxy) is 1.